The summed E-state index contributed by atoms with van der Waals surface area (Å²) in [6, 6.07) is 7.79. The number of carboxylic acids is 1. The van der Waals surface area contributed by atoms with Crippen molar-refractivity contribution >= 4 is 23.2 Å². The van der Waals surface area contributed by atoms with Crippen LogP contribution in [0.2, 0.25) is 0 Å². The molecule has 5 nitrogen and oxygen atoms in total. The fourth-order valence-corrected chi connectivity index (χ4v) is 4.11. The van der Waals surface area contributed by atoms with E-state index in [1.54, 1.807) is 6.92 Å². The second-order valence-electron chi connectivity index (χ2n) is 6.15. The van der Waals surface area contributed by atoms with Crippen LogP contribution in [0.4, 0.5) is 0 Å². The zero-order chi connectivity index (χ0) is 17.3. The van der Waals surface area contributed by atoms with Crippen LogP contribution in [0.5, 0.6) is 0 Å². The molecule has 1 aromatic heterocycles. The van der Waals surface area contributed by atoms with Gasteiger partial charge in [0.25, 0.3) is 0 Å². The molecule has 0 radical (unpaired) electrons. The van der Waals surface area contributed by atoms with Crippen LogP contribution in [0, 0.1) is 6.92 Å². The van der Waals surface area contributed by atoms with Crippen molar-refractivity contribution in [2.45, 2.75) is 45.1 Å². The average Bonchev–Trinajstić information content (AvgIpc) is 2.96. The number of carboxylic acid groups (broad SMARTS) is 1. The van der Waals surface area contributed by atoms with Crippen LogP contribution in [-0.2, 0) is 11.2 Å². The number of carbonyl (C=O) groups excluding carboxylic acids is 1. The summed E-state index contributed by atoms with van der Waals surface area (Å²) < 4.78 is 0. The monoisotopic (exact) mass is 344 g/mol. The smallest absolute Gasteiger partial charge is 0.347 e. The molecule has 0 saturated heterocycles. The molecule has 126 valence electrons. The van der Waals surface area contributed by atoms with Crippen LogP contribution < -0.4 is 5.32 Å². The molecule has 3 rings (SSSR count). The van der Waals surface area contributed by atoms with Crippen molar-refractivity contribution in [1.82, 2.24) is 10.3 Å². The molecule has 1 aromatic carbocycles. The van der Waals surface area contributed by atoms with Crippen molar-refractivity contribution < 1.29 is 14.7 Å². The van der Waals surface area contributed by atoms with Crippen molar-refractivity contribution in [3.8, 4) is 0 Å². The number of hydrogen-bond donors (Lipinski definition) is 2. The van der Waals surface area contributed by atoms with Gasteiger partial charge in [0.2, 0.25) is 5.91 Å². The zero-order valence-electron chi connectivity index (χ0n) is 13.7. The quantitative estimate of drug-likeness (QED) is 0.890. The van der Waals surface area contributed by atoms with Crippen LogP contribution in [0.25, 0.3) is 0 Å². The Hall–Kier alpha value is -2.21. The number of aromatic carboxylic acids is 1. The van der Waals surface area contributed by atoms with Gasteiger partial charge in [-0.1, -0.05) is 24.3 Å². The van der Waals surface area contributed by atoms with Crippen molar-refractivity contribution in [1.29, 1.82) is 0 Å². The van der Waals surface area contributed by atoms with E-state index in [9.17, 15) is 9.59 Å². The molecule has 2 atom stereocenters. The first-order valence-corrected chi connectivity index (χ1v) is 8.88. The van der Waals surface area contributed by atoms with E-state index in [0.29, 0.717) is 10.7 Å². The summed E-state index contributed by atoms with van der Waals surface area (Å²) in [4.78, 5) is 28.4. The highest BCUT2D eigenvalue weighted by Gasteiger charge is 2.28. The molecule has 24 heavy (non-hydrogen) atoms. The SMILES string of the molecule is Cc1nc(C(C)NC(=O)C2CCCc3ccccc32)sc1C(=O)O. The number of carbonyl (C=O) groups is 2. The average molecular weight is 344 g/mol. The maximum absolute atomic E-state index is 12.7. The van der Waals surface area contributed by atoms with Gasteiger partial charge >= 0.3 is 5.97 Å². The van der Waals surface area contributed by atoms with Crippen LogP contribution in [0.15, 0.2) is 24.3 Å². The second kappa shape index (κ2) is 6.73. The van der Waals surface area contributed by atoms with Gasteiger partial charge in [0.05, 0.1) is 17.7 Å². The lowest BCUT2D eigenvalue weighted by Gasteiger charge is -2.25. The van der Waals surface area contributed by atoms with Gasteiger partial charge in [-0.05, 0) is 44.2 Å². The first kappa shape index (κ1) is 16.6. The van der Waals surface area contributed by atoms with Gasteiger partial charge in [0, 0.05) is 0 Å². The third-order valence-corrected chi connectivity index (χ3v) is 5.75. The molecule has 0 bridgehead atoms. The highest BCUT2D eigenvalue weighted by molar-refractivity contribution is 7.13. The molecule has 0 spiro atoms. The van der Waals surface area contributed by atoms with Gasteiger partial charge < -0.3 is 10.4 Å². The lowest BCUT2D eigenvalue weighted by molar-refractivity contribution is -0.123. The Bertz CT molecular complexity index is 784. The normalized spacial score (nSPS) is 17.8. The Morgan fingerprint density at radius 1 is 1.38 bits per heavy atom. The predicted octanol–water partition coefficient (Wildman–Crippen LogP) is 3.45. The largest absolute Gasteiger partial charge is 0.477 e. The molecular weight excluding hydrogens is 324 g/mol. The molecule has 0 fully saturated rings. The summed E-state index contributed by atoms with van der Waals surface area (Å²) in [7, 11) is 0. The first-order chi connectivity index (χ1) is 11.5. The number of hydrogen-bond acceptors (Lipinski definition) is 4. The van der Waals surface area contributed by atoms with Gasteiger partial charge in [-0.3, -0.25) is 4.79 Å². The molecule has 1 amide bonds. The fourth-order valence-electron chi connectivity index (χ4n) is 3.20. The number of benzene rings is 1. The number of amides is 1. The number of aromatic nitrogens is 1. The van der Waals surface area contributed by atoms with Gasteiger partial charge in [0.1, 0.15) is 9.88 Å². The predicted molar refractivity (Wildman–Crippen MR) is 92.5 cm³/mol. The van der Waals surface area contributed by atoms with E-state index in [2.05, 4.69) is 16.4 Å². The third kappa shape index (κ3) is 3.19. The molecule has 6 heteroatoms. The van der Waals surface area contributed by atoms with Gasteiger partial charge in [-0.15, -0.1) is 11.3 Å². The summed E-state index contributed by atoms with van der Waals surface area (Å²) >= 11 is 1.12. The van der Waals surface area contributed by atoms with Crippen molar-refractivity contribution in [3.05, 3.63) is 51.0 Å². The summed E-state index contributed by atoms with van der Waals surface area (Å²) in [6.07, 6.45) is 2.86. The lowest BCUT2D eigenvalue weighted by atomic mass is 9.82. The Balaban J connectivity index is 1.76. The maximum Gasteiger partial charge on any atom is 0.347 e. The van der Waals surface area contributed by atoms with E-state index < -0.39 is 5.97 Å². The number of aryl methyl sites for hydroxylation is 2. The van der Waals surface area contributed by atoms with Gasteiger partial charge in [0.15, 0.2) is 0 Å². The summed E-state index contributed by atoms with van der Waals surface area (Å²) in [6.45, 7) is 3.52. The number of thiazole rings is 1. The first-order valence-electron chi connectivity index (χ1n) is 8.06. The molecule has 1 heterocycles. The van der Waals surface area contributed by atoms with E-state index in [1.807, 2.05) is 25.1 Å². The number of nitrogens with zero attached hydrogens (tertiary/aromatic N) is 1. The zero-order valence-corrected chi connectivity index (χ0v) is 14.5. The summed E-state index contributed by atoms with van der Waals surface area (Å²) in [5, 5.41) is 12.8. The van der Waals surface area contributed by atoms with E-state index in [1.165, 1.54) is 5.56 Å². The molecule has 2 unspecified atom stereocenters. The Morgan fingerprint density at radius 3 is 2.83 bits per heavy atom. The second-order valence-corrected chi connectivity index (χ2v) is 7.18. The molecule has 2 N–H and O–H groups in total. The standard InChI is InChI=1S/C18H20N2O3S/c1-10-15(18(22)23)24-17(20-10)11(2)19-16(21)14-9-5-7-12-6-3-4-8-13(12)14/h3-4,6,8,11,14H,5,7,9H2,1-2H3,(H,19,21)(H,22,23). The van der Waals surface area contributed by atoms with E-state index in [4.69, 9.17) is 5.11 Å². The van der Waals surface area contributed by atoms with Crippen LogP contribution >= 0.6 is 11.3 Å². The summed E-state index contributed by atoms with van der Waals surface area (Å²) in [5.74, 6) is -1.13. The molecule has 0 aliphatic heterocycles. The molecule has 0 saturated carbocycles. The number of nitrogens with one attached hydrogen (secondary N) is 1. The highest BCUT2D eigenvalue weighted by atomic mass is 32.1. The highest BCUT2D eigenvalue weighted by Crippen LogP contribution is 2.32. The van der Waals surface area contributed by atoms with Crippen molar-refractivity contribution in [2.75, 3.05) is 0 Å². The van der Waals surface area contributed by atoms with Crippen molar-refractivity contribution in [3.63, 3.8) is 0 Å². The lowest BCUT2D eigenvalue weighted by Crippen LogP contribution is -2.33. The van der Waals surface area contributed by atoms with Gasteiger partial charge in [-0.25, -0.2) is 9.78 Å². The minimum atomic E-state index is -0.976. The number of fused-ring (bicyclic) bond motifs is 1. The Morgan fingerprint density at radius 2 is 2.12 bits per heavy atom. The summed E-state index contributed by atoms with van der Waals surface area (Å²) in [5.41, 5.74) is 2.84. The van der Waals surface area contributed by atoms with Gasteiger partial charge in [-0.2, -0.15) is 0 Å². The van der Waals surface area contributed by atoms with Crippen LogP contribution in [0.1, 0.15) is 63.2 Å². The number of rotatable bonds is 4. The maximum atomic E-state index is 12.7. The molecule has 1 aliphatic carbocycles. The third-order valence-electron chi connectivity index (χ3n) is 4.42. The van der Waals surface area contributed by atoms with Crippen molar-refractivity contribution in [2.24, 2.45) is 0 Å². The van der Waals surface area contributed by atoms with Crippen LogP contribution in [0.3, 0.4) is 0 Å². The fraction of sp³-hybridized carbons (Fsp3) is 0.389. The molecule has 1 aliphatic rings. The van der Waals surface area contributed by atoms with E-state index >= 15 is 0 Å². The minimum absolute atomic E-state index is 0.0145. The minimum Gasteiger partial charge on any atom is -0.477 e. The Kier molecular flexibility index (Phi) is 4.66. The topological polar surface area (TPSA) is 79.3 Å². The van der Waals surface area contributed by atoms with Crippen LogP contribution in [-0.4, -0.2) is 22.0 Å². The molecular formula is C18H20N2O3S. The Labute approximate surface area is 144 Å². The van der Waals surface area contributed by atoms with E-state index in [-0.39, 0.29) is 22.7 Å². The molecule has 2 aromatic rings. The van der Waals surface area contributed by atoms with E-state index in [0.717, 1.165) is 36.2 Å².